The molecule has 1 aromatic carbocycles. The van der Waals surface area contributed by atoms with Crippen molar-refractivity contribution >= 4 is 17.4 Å². The molecule has 0 bridgehead atoms. The van der Waals surface area contributed by atoms with Crippen LogP contribution in [0.3, 0.4) is 0 Å². The van der Waals surface area contributed by atoms with E-state index in [4.69, 9.17) is 0 Å². The van der Waals surface area contributed by atoms with Crippen molar-refractivity contribution in [2.24, 2.45) is 5.92 Å². The van der Waals surface area contributed by atoms with Crippen molar-refractivity contribution < 1.29 is 9.59 Å². The molecule has 1 aromatic rings. The topological polar surface area (TPSA) is 47.1 Å². The summed E-state index contributed by atoms with van der Waals surface area (Å²) in [4.78, 5) is 33.7. The number of nitrogens with zero attached hydrogens (tertiary/aromatic N) is 4. The highest BCUT2D eigenvalue weighted by Crippen LogP contribution is 2.27. The molecule has 29 heavy (non-hydrogen) atoms. The van der Waals surface area contributed by atoms with Crippen molar-refractivity contribution in [1.29, 1.82) is 0 Å². The minimum absolute atomic E-state index is 0.277. The van der Waals surface area contributed by atoms with Gasteiger partial charge in [-0.15, -0.1) is 0 Å². The van der Waals surface area contributed by atoms with Gasteiger partial charge >= 0.3 is 0 Å². The molecule has 0 unspecified atom stereocenters. The number of amides is 1. The van der Waals surface area contributed by atoms with Crippen LogP contribution in [0.15, 0.2) is 18.2 Å². The molecule has 0 spiro atoms. The smallest absolute Gasteiger partial charge is 0.236 e. The highest BCUT2D eigenvalue weighted by atomic mass is 16.2. The largest absolute Gasteiger partial charge is 0.369 e. The van der Waals surface area contributed by atoms with Gasteiger partial charge in [-0.1, -0.05) is 13.8 Å². The molecule has 2 heterocycles. The minimum Gasteiger partial charge on any atom is -0.369 e. The normalized spacial score (nSPS) is 21.1. The summed E-state index contributed by atoms with van der Waals surface area (Å²) in [6, 6.07) is 6.27. The lowest BCUT2D eigenvalue weighted by Crippen LogP contribution is -2.54. The maximum absolute atomic E-state index is 12.7. The van der Waals surface area contributed by atoms with Crippen LogP contribution in [0.5, 0.6) is 0 Å². The van der Waals surface area contributed by atoms with Crippen LogP contribution in [0.25, 0.3) is 0 Å². The Kier molecular flexibility index (Phi) is 6.20. The van der Waals surface area contributed by atoms with E-state index in [2.05, 4.69) is 40.7 Å². The van der Waals surface area contributed by atoms with Gasteiger partial charge in [-0.25, -0.2) is 0 Å². The Morgan fingerprint density at radius 2 is 1.62 bits per heavy atom. The van der Waals surface area contributed by atoms with Crippen LogP contribution in [-0.4, -0.2) is 91.8 Å². The Hall–Kier alpha value is -1.92. The van der Waals surface area contributed by atoms with E-state index in [-0.39, 0.29) is 11.7 Å². The van der Waals surface area contributed by atoms with Crippen LogP contribution >= 0.6 is 0 Å². The van der Waals surface area contributed by atoms with Gasteiger partial charge < -0.3 is 9.80 Å². The molecule has 3 aliphatic rings. The Morgan fingerprint density at radius 3 is 2.31 bits per heavy atom. The third-order valence-electron chi connectivity index (χ3n) is 6.46. The average Bonchev–Trinajstić information content (AvgIpc) is 3.09. The van der Waals surface area contributed by atoms with E-state index in [0.29, 0.717) is 18.9 Å². The van der Waals surface area contributed by atoms with E-state index in [1.54, 1.807) is 0 Å². The average molecular weight is 399 g/mol. The second kappa shape index (κ2) is 8.84. The molecule has 2 saturated heterocycles. The lowest BCUT2D eigenvalue weighted by Gasteiger charge is -2.39. The number of hydrogen-bond acceptors (Lipinski definition) is 5. The van der Waals surface area contributed by atoms with Crippen molar-refractivity contribution in [2.75, 3.05) is 70.3 Å². The van der Waals surface area contributed by atoms with E-state index in [1.165, 1.54) is 11.3 Å². The molecule has 0 radical (unpaired) electrons. The van der Waals surface area contributed by atoms with E-state index >= 15 is 0 Å². The number of benzene rings is 1. The molecule has 0 saturated carbocycles. The molecule has 2 fully saturated rings. The summed E-state index contributed by atoms with van der Waals surface area (Å²) < 4.78 is 0. The Labute approximate surface area is 174 Å². The Bertz CT molecular complexity index is 747. The predicted octanol–water partition coefficient (Wildman–Crippen LogP) is 1.74. The zero-order valence-electron chi connectivity index (χ0n) is 17.9. The zero-order valence-corrected chi connectivity index (χ0v) is 17.9. The van der Waals surface area contributed by atoms with Crippen molar-refractivity contribution in [2.45, 2.75) is 26.7 Å². The van der Waals surface area contributed by atoms with E-state index in [9.17, 15) is 9.59 Å². The second-order valence-corrected chi connectivity index (χ2v) is 9.10. The number of aryl methyl sites for hydroxylation is 1. The first-order valence-corrected chi connectivity index (χ1v) is 11.1. The van der Waals surface area contributed by atoms with E-state index in [0.717, 1.165) is 70.9 Å². The highest BCUT2D eigenvalue weighted by Gasteiger charge is 2.26. The number of carbonyl (C=O) groups excluding carboxylic acids is 2. The lowest BCUT2D eigenvalue weighted by atomic mass is 10.1. The Morgan fingerprint density at radius 1 is 0.931 bits per heavy atom. The van der Waals surface area contributed by atoms with Crippen molar-refractivity contribution in [1.82, 2.24) is 14.7 Å². The van der Waals surface area contributed by atoms with Gasteiger partial charge in [0.2, 0.25) is 5.91 Å². The number of carbonyl (C=O) groups is 2. The highest BCUT2D eigenvalue weighted by molar-refractivity contribution is 6.00. The van der Waals surface area contributed by atoms with Gasteiger partial charge in [-0.2, -0.15) is 0 Å². The summed E-state index contributed by atoms with van der Waals surface area (Å²) in [5, 5.41) is 0. The maximum Gasteiger partial charge on any atom is 0.236 e. The lowest BCUT2D eigenvalue weighted by molar-refractivity contribution is -0.134. The zero-order chi connectivity index (χ0) is 20.4. The third kappa shape index (κ3) is 4.81. The summed E-state index contributed by atoms with van der Waals surface area (Å²) in [5.74, 6) is 1.23. The number of piperazine rings is 2. The first-order valence-electron chi connectivity index (χ1n) is 11.1. The summed E-state index contributed by atoms with van der Waals surface area (Å²) in [6.45, 7) is 13.6. The van der Waals surface area contributed by atoms with Gasteiger partial charge in [0.1, 0.15) is 0 Å². The fraction of sp³-hybridized carbons (Fsp3) is 0.652. The molecule has 0 N–H and O–H groups in total. The quantitative estimate of drug-likeness (QED) is 0.756. The molecule has 1 aliphatic carbocycles. The van der Waals surface area contributed by atoms with E-state index in [1.807, 2.05) is 11.0 Å². The standard InChI is InChI=1S/C23H34N4O2/c1-18(2)16-24-9-13-27(14-10-24)23(29)17-25-7-11-26(12-8-25)20-4-5-21-19(15-20)3-6-22(21)28/h4-5,15,18H,3,6-14,16-17H2,1-2H3. The molecule has 2 aliphatic heterocycles. The molecule has 0 atom stereocenters. The molecule has 6 heteroatoms. The number of fused-ring (bicyclic) bond motifs is 1. The second-order valence-electron chi connectivity index (χ2n) is 9.10. The van der Waals surface area contributed by atoms with Gasteiger partial charge in [0.05, 0.1) is 6.54 Å². The molecular weight excluding hydrogens is 364 g/mol. The van der Waals surface area contributed by atoms with Crippen LogP contribution < -0.4 is 4.90 Å². The van der Waals surface area contributed by atoms with Gasteiger partial charge in [-0.05, 0) is 36.1 Å². The minimum atomic E-state index is 0.277. The number of Topliss-reactive ketones (excluding diaryl/α,β-unsaturated/α-hetero) is 1. The van der Waals surface area contributed by atoms with Crippen molar-refractivity contribution in [3.05, 3.63) is 29.3 Å². The van der Waals surface area contributed by atoms with Crippen LogP contribution in [0.1, 0.15) is 36.2 Å². The van der Waals surface area contributed by atoms with Gasteiger partial charge in [0, 0.05) is 76.6 Å². The van der Waals surface area contributed by atoms with Crippen LogP contribution in [0.2, 0.25) is 0 Å². The summed E-state index contributed by atoms with van der Waals surface area (Å²) in [7, 11) is 0. The van der Waals surface area contributed by atoms with Gasteiger partial charge in [0.15, 0.2) is 5.78 Å². The van der Waals surface area contributed by atoms with Crippen molar-refractivity contribution in [3.8, 4) is 0 Å². The molecule has 0 aromatic heterocycles. The SMILES string of the molecule is CC(C)CN1CCN(C(=O)CN2CCN(c3ccc4c(c3)CCC4=O)CC2)CC1. The fourth-order valence-electron chi connectivity index (χ4n) is 4.79. The van der Waals surface area contributed by atoms with Gasteiger partial charge in [0.25, 0.3) is 0 Å². The fourth-order valence-corrected chi connectivity index (χ4v) is 4.79. The van der Waals surface area contributed by atoms with Crippen LogP contribution in [0.4, 0.5) is 5.69 Å². The van der Waals surface area contributed by atoms with E-state index < -0.39 is 0 Å². The molecule has 158 valence electrons. The van der Waals surface area contributed by atoms with Crippen LogP contribution in [0, 0.1) is 5.92 Å². The number of anilines is 1. The summed E-state index contributed by atoms with van der Waals surface area (Å²) in [6.07, 6.45) is 1.53. The van der Waals surface area contributed by atoms with Crippen molar-refractivity contribution in [3.63, 3.8) is 0 Å². The number of ketones is 1. The van der Waals surface area contributed by atoms with Crippen LogP contribution in [-0.2, 0) is 11.2 Å². The first-order chi connectivity index (χ1) is 14.0. The monoisotopic (exact) mass is 398 g/mol. The number of rotatable bonds is 5. The molecule has 6 nitrogen and oxygen atoms in total. The molecule has 4 rings (SSSR count). The summed E-state index contributed by atoms with van der Waals surface area (Å²) >= 11 is 0. The summed E-state index contributed by atoms with van der Waals surface area (Å²) in [5.41, 5.74) is 3.32. The predicted molar refractivity (Wildman–Crippen MR) is 116 cm³/mol. The van der Waals surface area contributed by atoms with Gasteiger partial charge in [-0.3, -0.25) is 19.4 Å². The first kappa shape index (κ1) is 20.4. The third-order valence-corrected chi connectivity index (χ3v) is 6.46. The Balaban J connectivity index is 1.23. The molecular formula is C23H34N4O2. The maximum atomic E-state index is 12.7. The number of hydrogen-bond donors (Lipinski definition) is 0. The molecule has 1 amide bonds.